The van der Waals surface area contributed by atoms with Gasteiger partial charge in [-0.1, -0.05) is 24.6 Å². The van der Waals surface area contributed by atoms with Gasteiger partial charge in [-0.15, -0.1) is 0 Å². The summed E-state index contributed by atoms with van der Waals surface area (Å²) in [6.07, 6.45) is 1.31. The molecule has 1 atom stereocenters. The molecule has 2 aromatic carbocycles. The van der Waals surface area contributed by atoms with Crippen molar-refractivity contribution in [1.82, 2.24) is 0 Å². The number of aryl methyl sites for hydroxylation is 1. The summed E-state index contributed by atoms with van der Waals surface area (Å²) in [5.74, 6) is 0.457. The highest BCUT2D eigenvalue weighted by molar-refractivity contribution is 7.92. The minimum Gasteiger partial charge on any atom is -0.497 e. The highest BCUT2D eigenvalue weighted by Crippen LogP contribution is 2.31. The van der Waals surface area contributed by atoms with Crippen LogP contribution in [0, 0.1) is 6.92 Å². The highest BCUT2D eigenvalue weighted by Gasteiger charge is 2.32. The Morgan fingerprint density at radius 3 is 2.38 bits per heavy atom. The van der Waals surface area contributed by atoms with Gasteiger partial charge in [-0.2, -0.15) is 0 Å². The summed E-state index contributed by atoms with van der Waals surface area (Å²) in [7, 11) is -0.780. The number of rotatable bonds is 8. The van der Waals surface area contributed by atoms with E-state index < -0.39 is 22.0 Å². The number of nitrogens with zero attached hydrogens (tertiary/aromatic N) is 1. The van der Waals surface area contributed by atoms with Crippen LogP contribution in [0.4, 0.5) is 11.4 Å². The zero-order valence-corrected chi connectivity index (χ0v) is 18.6. The Kier molecular flexibility index (Phi) is 7.37. The van der Waals surface area contributed by atoms with Gasteiger partial charge in [-0.25, -0.2) is 8.42 Å². The van der Waals surface area contributed by atoms with Gasteiger partial charge in [0.1, 0.15) is 17.5 Å². The van der Waals surface area contributed by atoms with Crippen molar-refractivity contribution in [3.05, 3.63) is 47.0 Å². The molecule has 0 heterocycles. The van der Waals surface area contributed by atoms with Crippen molar-refractivity contribution in [2.24, 2.45) is 0 Å². The number of carbonyl (C=O) groups excluding carboxylic acids is 1. The molecule has 0 aliphatic rings. The number of amides is 1. The van der Waals surface area contributed by atoms with E-state index in [1.54, 1.807) is 43.3 Å². The molecule has 0 radical (unpaired) electrons. The molecule has 2 aromatic rings. The largest absolute Gasteiger partial charge is 0.497 e. The summed E-state index contributed by atoms with van der Waals surface area (Å²) in [5.41, 5.74) is 1.51. The van der Waals surface area contributed by atoms with Crippen LogP contribution in [0.25, 0.3) is 0 Å². The third-order valence-electron chi connectivity index (χ3n) is 4.40. The molecule has 0 aliphatic carbocycles. The van der Waals surface area contributed by atoms with Gasteiger partial charge < -0.3 is 14.8 Å². The van der Waals surface area contributed by atoms with Gasteiger partial charge in [0.2, 0.25) is 15.9 Å². The lowest BCUT2D eigenvalue weighted by atomic mass is 10.1. The average molecular weight is 441 g/mol. The molecule has 0 unspecified atom stereocenters. The van der Waals surface area contributed by atoms with Crippen molar-refractivity contribution < 1.29 is 22.7 Å². The van der Waals surface area contributed by atoms with E-state index in [9.17, 15) is 13.2 Å². The lowest BCUT2D eigenvalue weighted by Gasteiger charge is -2.30. The number of anilines is 2. The zero-order valence-electron chi connectivity index (χ0n) is 17.0. The average Bonchev–Trinajstić information content (AvgIpc) is 2.67. The highest BCUT2D eigenvalue weighted by atomic mass is 35.5. The summed E-state index contributed by atoms with van der Waals surface area (Å²) in [5, 5.41) is 3.17. The molecule has 0 saturated carbocycles. The van der Waals surface area contributed by atoms with Crippen molar-refractivity contribution in [3.63, 3.8) is 0 Å². The van der Waals surface area contributed by atoms with Crippen LogP contribution in [0.3, 0.4) is 0 Å². The third kappa shape index (κ3) is 5.33. The molecule has 158 valence electrons. The topological polar surface area (TPSA) is 84.9 Å². The first-order chi connectivity index (χ1) is 13.6. The lowest BCUT2D eigenvalue weighted by molar-refractivity contribution is -0.117. The Morgan fingerprint density at radius 1 is 1.17 bits per heavy atom. The van der Waals surface area contributed by atoms with E-state index >= 15 is 0 Å². The Labute approximate surface area is 176 Å². The number of nitrogens with one attached hydrogen (secondary N) is 1. The maximum Gasteiger partial charge on any atom is 0.248 e. The molecular formula is C20H25ClN2O5S. The number of benzene rings is 2. The van der Waals surface area contributed by atoms with Crippen LogP contribution in [-0.4, -0.2) is 40.8 Å². The molecule has 0 spiro atoms. The van der Waals surface area contributed by atoms with E-state index in [4.69, 9.17) is 21.1 Å². The molecule has 0 aliphatic heterocycles. The molecule has 29 heavy (non-hydrogen) atoms. The minimum atomic E-state index is -3.77. The van der Waals surface area contributed by atoms with Crippen LogP contribution in [0.1, 0.15) is 18.9 Å². The van der Waals surface area contributed by atoms with Gasteiger partial charge in [0.25, 0.3) is 0 Å². The summed E-state index contributed by atoms with van der Waals surface area (Å²) in [4.78, 5) is 13.1. The van der Waals surface area contributed by atoms with E-state index in [-0.39, 0.29) is 6.42 Å². The molecule has 0 saturated heterocycles. The molecule has 2 rings (SSSR count). The standard InChI is InChI=1S/C20H25ClN2O5S/c1-6-18(20(24)22-17-12-15(27-3)9-10-19(17)28-4)23(29(5,25)26)14-8-7-13(2)16(21)11-14/h7-12,18H,6H2,1-5H3,(H,22,24)/t18-/m0/s1. The fraction of sp³-hybridized carbons (Fsp3) is 0.350. The summed E-state index contributed by atoms with van der Waals surface area (Å²) >= 11 is 6.19. The zero-order chi connectivity index (χ0) is 21.8. The van der Waals surface area contributed by atoms with Crippen LogP contribution in [0.2, 0.25) is 5.02 Å². The first-order valence-electron chi connectivity index (χ1n) is 8.90. The Balaban J connectivity index is 2.45. The Hall–Kier alpha value is -2.45. The molecule has 0 bridgehead atoms. The van der Waals surface area contributed by atoms with Crippen molar-refractivity contribution in [2.45, 2.75) is 26.3 Å². The van der Waals surface area contributed by atoms with E-state index in [1.807, 2.05) is 6.92 Å². The molecule has 9 heteroatoms. The van der Waals surface area contributed by atoms with Crippen LogP contribution in [0.15, 0.2) is 36.4 Å². The number of hydrogen-bond donors (Lipinski definition) is 1. The van der Waals surface area contributed by atoms with E-state index in [1.165, 1.54) is 14.2 Å². The number of hydrogen-bond acceptors (Lipinski definition) is 5. The third-order valence-corrected chi connectivity index (χ3v) is 5.99. The fourth-order valence-corrected chi connectivity index (χ4v) is 4.29. The maximum atomic E-state index is 13.1. The molecule has 1 amide bonds. The van der Waals surface area contributed by atoms with Crippen molar-refractivity contribution in [1.29, 1.82) is 0 Å². The second kappa shape index (κ2) is 9.37. The summed E-state index contributed by atoms with van der Waals surface area (Å²) in [6, 6.07) is 8.86. The first-order valence-corrected chi connectivity index (χ1v) is 11.1. The lowest BCUT2D eigenvalue weighted by Crippen LogP contribution is -2.47. The van der Waals surface area contributed by atoms with E-state index in [2.05, 4.69) is 5.32 Å². The Morgan fingerprint density at radius 2 is 1.86 bits per heavy atom. The first kappa shape index (κ1) is 22.8. The number of methoxy groups -OCH3 is 2. The van der Waals surface area contributed by atoms with Gasteiger partial charge in [-0.3, -0.25) is 9.10 Å². The quantitative estimate of drug-likeness (QED) is 0.673. The number of halogens is 1. The van der Waals surface area contributed by atoms with Crippen LogP contribution in [-0.2, 0) is 14.8 Å². The number of sulfonamides is 1. The van der Waals surface area contributed by atoms with Crippen molar-refractivity contribution >= 4 is 38.9 Å². The smallest absolute Gasteiger partial charge is 0.248 e. The van der Waals surface area contributed by atoms with Gasteiger partial charge in [0.05, 0.1) is 31.9 Å². The molecular weight excluding hydrogens is 416 g/mol. The Bertz CT molecular complexity index is 994. The van der Waals surface area contributed by atoms with Gasteiger partial charge >= 0.3 is 0 Å². The molecule has 0 aromatic heterocycles. The minimum absolute atomic E-state index is 0.247. The molecule has 0 fully saturated rings. The monoisotopic (exact) mass is 440 g/mol. The summed E-state index contributed by atoms with van der Waals surface area (Å²) < 4.78 is 36.7. The van der Waals surface area contributed by atoms with E-state index in [0.29, 0.717) is 27.9 Å². The van der Waals surface area contributed by atoms with Crippen molar-refractivity contribution in [2.75, 3.05) is 30.1 Å². The SMILES string of the molecule is CC[C@@H](C(=O)Nc1cc(OC)ccc1OC)N(c1ccc(C)c(Cl)c1)S(C)(=O)=O. The molecule has 1 N–H and O–H groups in total. The molecule has 7 nitrogen and oxygen atoms in total. The second-order valence-corrected chi connectivity index (χ2v) is 8.74. The number of carbonyl (C=O) groups is 1. The van der Waals surface area contributed by atoms with Gasteiger partial charge in [0.15, 0.2) is 0 Å². The number of ether oxygens (including phenoxy) is 2. The van der Waals surface area contributed by atoms with Gasteiger partial charge in [0, 0.05) is 11.1 Å². The predicted molar refractivity (Wildman–Crippen MR) is 116 cm³/mol. The van der Waals surface area contributed by atoms with Crippen molar-refractivity contribution in [3.8, 4) is 11.5 Å². The maximum absolute atomic E-state index is 13.1. The normalized spacial score (nSPS) is 12.2. The van der Waals surface area contributed by atoms with Crippen LogP contribution in [0.5, 0.6) is 11.5 Å². The van der Waals surface area contributed by atoms with E-state index in [0.717, 1.165) is 16.1 Å². The van der Waals surface area contributed by atoms with Crippen LogP contribution >= 0.6 is 11.6 Å². The van der Waals surface area contributed by atoms with Crippen LogP contribution < -0.4 is 19.1 Å². The van der Waals surface area contributed by atoms with Gasteiger partial charge in [-0.05, 0) is 43.2 Å². The summed E-state index contributed by atoms with van der Waals surface area (Å²) in [6.45, 7) is 3.55. The predicted octanol–water partition coefficient (Wildman–Crippen LogP) is 3.85. The second-order valence-electron chi connectivity index (χ2n) is 6.47. The fourth-order valence-electron chi connectivity index (χ4n) is 2.91.